The van der Waals surface area contributed by atoms with Gasteiger partial charge in [0.25, 0.3) is 0 Å². The van der Waals surface area contributed by atoms with Crippen LogP contribution in [0.2, 0.25) is 0 Å². The number of nitrogens with two attached hydrogens (primary N) is 1. The van der Waals surface area contributed by atoms with Gasteiger partial charge >= 0.3 is 0 Å². The van der Waals surface area contributed by atoms with Crippen LogP contribution in [-0.4, -0.2) is 15.0 Å². The molecular formula is C12H18N2O2S. The normalized spacial score (nSPS) is 16.0. The molecule has 4 nitrogen and oxygen atoms in total. The summed E-state index contributed by atoms with van der Waals surface area (Å²) in [6.07, 6.45) is 4.65. The lowest BCUT2D eigenvalue weighted by Gasteiger charge is -2.06. The van der Waals surface area contributed by atoms with Crippen molar-refractivity contribution in [3.63, 3.8) is 0 Å². The van der Waals surface area contributed by atoms with Gasteiger partial charge in [-0.1, -0.05) is 18.9 Å². The third kappa shape index (κ3) is 3.71. The van der Waals surface area contributed by atoms with Gasteiger partial charge in [-0.05, 0) is 37.0 Å². The van der Waals surface area contributed by atoms with Crippen LogP contribution in [0, 0.1) is 5.92 Å². The second kappa shape index (κ2) is 5.06. The molecule has 0 unspecified atom stereocenters. The van der Waals surface area contributed by atoms with E-state index in [2.05, 4.69) is 4.72 Å². The minimum atomic E-state index is -3.39. The van der Waals surface area contributed by atoms with E-state index < -0.39 is 10.0 Å². The molecule has 5 heteroatoms. The van der Waals surface area contributed by atoms with Gasteiger partial charge in [0, 0.05) is 12.2 Å². The number of nitrogens with one attached hydrogen (secondary N) is 1. The van der Waals surface area contributed by atoms with Crippen LogP contribution in [0.5, 0.6) is 0 Å². The average molecular weight is 254 g/mol. The highest BCUT2D eigenvalue weighted by molar-refractivity contribution is 7.89. The average Bonchev–Trinajstić information content (AvgIpc) is 3.08. The number of anilines is 1. The van der Waals surface area contributed by atoms with Crippen molar-refractivity contribution in [1.82, 2.24) is 4.72 Å². The first-order valence-corrected chi connectivity index (χ1v) is 7.41. The summed E-state index contributed by atoms with van der Waals surface area (Å²) in [6.45, 7) is 0.508. The minimum Gasteiger partial charge on any atom is -0.399 e. The van der Waals surface area contributed by atoms with Gasteiger partial charge < -0.3 is 5.73 Å². The van der Waals surface area contributed by atoms with Crippen LogP contribution in [0.3, 0.4) is 0 Å². The Bertz CT molecular complexity index is 481. The van der Waals surface area contributed by atoms with Gasteiger partial charge in [0.05, 0.1) is 4.90 Å². The third-order valence-corrected chi connectivity index (χ3v) is 4.41. The molecule has 94 valence electrons. The predicted octanol–water partition coefficient (Wildman–Crippen LogP) is 1.74. The molecule has 1 aromatic carbocycles. The smallest absolute Gasteiger partial charge is 0.240 e. The maximum absolute atomic E-state index is 11.9. The molecule has 1 fully saturated rings. The first-order valence-electron chi connectivity index (χ1n) is 5.93. The van der Waals surface area contributed by atoms with Crippen molar-refractivity contribution >= 4 is 15.7 Å². The third-order valence-electron chi connectivity index (χ3n) is 2.95. The lowest BCUT2D eigenvalue weighted by Crippen LogP contribution is -2.24. The van der Waals surface area contributed by atoms with E-state index in [0.29, 0.717) is 12.2 Å². The molecule has 3 N–H and O–H groups in total. The summed E-state index contributed by atoms with van der Waals surface area (Å²) in [5.41, 5.74) is 6.03. The number of sulfonamides is 1. The molecular weight excluding hydrogens is 236 g/mol. The zero-order valence-corrected chi connectivity index (χ0v) is 10.5. The molecule has 0 radical (unpaired) electrons. The van der Waals surface area contributed by atoms with E-state index in [0.717, 1.165) is 18.8 Å². The van der Waals surface area contributed by atoms with Crippen molar-refractivity contribution in [3.8, 4) is 0 Å². The van der Waals surface area contributed by atoms with E-state index in [1.54, 1.807) is 18.2 Å². The lowest BCUT2D eigenvalue weighted by atomic mass is 10.2. The van der Waals surface area contributed by atoms with Gasteiger partial charge in [0.15, 0.2) is 0 Å². The highest BCUT2D eigenvalue weighted by Gasteiger charge is 2.20. The SMILES string of the molecule is Nc1cccc(S(=O)(=O)NCCCC2CC2)c1. The maximum Gasteiger partial charge on any atom is 0.240 e. The van der Waals surface area contributed by atoms with Crippen molar-refractivity contribution in [2.75, 3.05) is 12.3 Å². The number of rotatable bonds is 6. The molecule has 0 saturated heterocycles. The van der Waals surface area contributed by atoms with Gasteiger partial charge in [-0.2, -0.15) is 0 Å². The van der Waals surface area contributed by atoms with Crippen LogP contribution in [0.1, 0.15) is 25.7 Å². The monoisotopic (exact) mass is 254 g/mol. The van der Waals surface area contributed by atoms with Crippen molar-refractivity contribution < 1.29 is 8.42 Å². The zero-order chi connectivity index (χ0) is 12.3. The van der Waals surface area contributed by atoms with Crippen molar-refractivity contribution in [2.24, 2.45) is 5.92 Å². The molecule has 0 aromatic heterocycles. The van der Waals surface area contributed by atoms with E-state index >= 15 is 0 Å². The van der Waals surface area contributed by atoms with E-state index in [-0.39, 0.29) is 4.90 Å². The second-order valence-electron chi connectivity index (χ2n) is 4.56. The van der Waals surface area contributed by atoms with Gasteiger partial charge in [0.2, 0.25) is 10.0 Å². The van der Waals surface area contributed by atoms with Crippen molar-refractivity contribution in [1.29, 1.82) is 0 Å². The standard InChI is InChI=1S/C12H18N2O2S/c13-11-4-1-5-12(9-11)17(15,16)14-8-2-3-10-6-7-10/h1,4-5,9-10,14H,2-3,6-8,13H2. The Morgan fingerprint density at radius 2 is 2.12 bits per heavy atom. The molecule has 1 aliphatic carbocycles. The number of benzene rings is 1. The topological polar surface area (TPSA) is 72.2 Å². The fraction of sp³-hybridized carbons (Fsp3) is 0.500. The summed E-state index contributed by atoms with van der Waals surface area (Å²) < 4.78 is 26.4. The molecule has 0 aliphatic heterocycles. The van der Waals surface area contributed by atoms with Crippen molar-refractivity contribution in [2.45, 2.75) is 30.6 Å². The first-order chi connectivity index (χ1) is 8.08. The first kappa shape index (κ1) is 12.4. The van der Waals surface area contributed by atoms with E-state index in [1.807, 2.05) is 0 Å². The summed E-state index contributed by atoms with van der Waals surface area (Å²) >= 11 is 0. The summed E-state index contributed by atoms with van der Waals surface area (Å²) in [5.74, 6) is 0.840. The van der Waals surface area contributed by atoms with Crippen LogP contribution in [0.25, 0.3) is 0 Å². The fourth-order valence-corrected chi connectivity index (χ4v) is 2.90. The Balaban J connectivity index is 1.88. The van der Waals surface area contributed by atoms with Crippen molar-refractivity contribution in [3.05, 3.63) is 24.3 Å². The summed E-state index contributed by atoms with van der Waals surface area (Å²) in [7, 11) is -3.39. The van der Waals surface area contributed by atoms with E-state index in [4.69, 9.17) is 5.73 Å². The van der Waals surface area contributed by atoms with Crippen LogP contribution in [0.15, 0.2) is 29.2 Å². The molecule has 1 saturated carbocycles. The number of nitrogen functional groups attached to an aromatic ring is 1. The van der Waals surface area contributed by atoms with Crippen LogP contribution >= 0.6 is 0 Å². The zero-order valence-electron chi connectivity index (χ0n) is 9.72. The van der Waals surface area contributed by atoms with Crippen LogP contribution < -0.4 is 10.5 Å². The lowest BCUT2D eigenvalue weighted by molar-refractivity contribution is 0.572. The highest BCUT2D eigenvalue weighted by Crippen LogP contribution is 2.33. The van der Waals surface area contributed by atoms with Gasteiger partial charge in [-0.15, -0.1) is 0 Å². The number of hydrogen-bond donors (Lipinski definition) is 2. The predicted molar refractivity (Wildman–Crippen MR) is 68.0 cm³/mol. The van der Waals surface area contributed by atoms with Gasteiger partial charge in [-0.3, -0.25) is 0 Å². The Kier molecular flexibility index (Phi) is 3.69. The quantitative estimate of drug-likeness (QED) is 0.600. The van der Waals surface area contributed by atoms with Crippen LogP contribution in [0.4, 0.5) is 5.69 Å². The van der Waals surface area contributed by atoms with E-state index in [9.17, 15) is 8.42 Å². The van der Waals surface area contributed by atoms with Crippen LogP contribution in [-0.2, 0) is 10.0 Å². The largest absolute Gasteiger partial charge is 0.399 e. The second-order valence-corrected chi connectivity index (χ2v) is 6.32. The molecule has 17 heavy (non-hydrogen) atoms. The Morgan fingerprint density at radius 3 is 2.76 bits per heavy atom. The molecule has 0 spiro atoms. The highest BCUT2D eigenvalue weighted by atomic mass is 32.2. The summed E-state index contributed by atoms with van der Waals surface area (Å²) in [6, 6.07) is 6.35. The fourth-order valence-electron chi connectivity index (χ4n) is 1.77. The molecule has 0 bridgehead atoms. The maximum atomic E-state index is 11.9. The minimum absolute atomic E-state index is 0.240. The molecule has 1 aliphatic rings. The van der Waals surface area contributed by atoms with Gasteiger partial charge in [-0.25, -0.2) is 13.1 Å². The molecule has 0 heterocycles. The Morgan fingerprint density at radius 1 is 1.35 bits per heavy atom. The Labute approximate surface area is 102 Å². The molecule has 0 amide bonds. The van der Waals surface area contributed by atoms with Gasteiger partial charge in [0.1, 0.15) is 0 Å². The Hall–Kier alpha value is -1.07. The summed E-state index contributed by atoms with van der Waals surface area (Å²) in [5, 5.41) is 0. The molecule has 0 atom stereocenters. The summed E-state index contributed by atoms with van der Waals surface area (Å²) in [4.78, 5) is 0.240. The molecule has 1 aromatic rings. The number of hydrogen-bond acceptors (Lipinski definition) is 3. The van der Waals surface area contributed by atoms with E-state index in [1.165, 1.54) is 18.9 Å². The molecule has 2 rings (SSSR count).